The molecule has 0 radical (unpaired) electrons. The average Bonchev–Trinajstić information content (AvgIpc) is 2.62. The van der Waals surface area contributed by atoms with Crippen molar-refractivity contribution >= 4 is 21.4 Å². The minimum Gasteiger partial charge on any atom is -0.490 e. The first kappa shape index (κ1) is 12.8. The maximum Gasteiger partial charge on any atom is 0.162 e. The third-order valence-electron chi connectivity index (χ3n) is 3.67. The lowest BCUT2D eigenvalue weighted by Crippen LogP contribution is -2.11. The van der Waals surface area contributed by atoms with Gasteiger partial charge in [0.25, 0.3) is 0 Å². The van der Waals surface area contributed by atoms with Crippen LogP contribution < -0.4 is 14.8 Å². The smallest absolute Gasteiger partial charge is 0.162 e. The minimum absolute atomic E-state index is 0.374. The molecule has 3 nitrogen and oxygen atoms in total. The van der Waals surface area contributed by atoms with Gasteiger partial charge in [-0.3, -0.25) is 0 Å². The van der Waals surface area contributed by atoms with Crippen molar-refractivity contribution in [2.24, 2.45) is 0 Å². The van der Waals surface area contributed by atoms with Crippen molar-refractivity contribution in [3.8, 4) is 11.5 Å². The van der Waals surface area contributed by atoms with E-state index in [-0.39, 0.29) is 0 Å². The third kappa shape index (κ3) is 2.19. The summed E-state index contributed by atoms with van der Waals surface area (Å²) in [6, 6.07) is 4.63. The van der Waals surface area contributed by atoms with Gasteiger partial charge in [-0.1, -0.05) is 0 Å². The van der Waals surface area contributed by atoms with Crippen molar-refractivity contribution in [1.82, 2.24) is 5.32 Å². The molecule has 2 aromatic rings. The average molecular weight is 277 g/mol. The van der Waals surface area contributed by atoms with Crippen molar-refractivity contribution in [3.05, 3.63) is 22.6 Å². The van der Waals surface area contributed by atoms with E-state index in [0.29, 0.717) is 6.04 Å². The molecular formula is C15H19NO2S. The summed E-state index contributed by atoms with van der Waals surface area (Å²) in [5.41, 5.74) is 1.34. The van der Waals surface area contributed by atoms with E-state index in [4.69, 9.17) is 9.47 Å². The molecule has 0 saturated heterocycles. The quantitative estimate of drug-likeness (QED) is 0.909. The van der Waals surface area contributed by atoms with Crippen molar-refractivity contribution < 1.29 is 9.47 Å². The Morgan fingerprint density at radius 2 is 1.89 bits per heavy atom. The van der Waals surface area contributed by atoms with Gasteiger partial charge in [-0.2, -0.15) is 0 Å². The van der Waals surface area contributed by atoms with Crippen LogP contribution in [-0.2, 0) is 0 Å². The van der Waals surface area contributed by atoms with Gasteiger partial charge in [0.1, 0.15) is 0 Å². The molecule has 1 aliphatic heterocycles. The van der Waals surface area contributed by atoms with Gasteiger partial charge in [0.05, 0.1) is 13.2 Å². The molecule has 2 heterocycles. The highest BCUT2D eigenvalue weighted by Gasteiger charge is 2.17. The molecular weight excluding hydrogens is 258 g/mol. The van der Waals surface area contributed by atoms with E-state index in [9.17, 15) is 0 Å². The number of nitrogens with one attached hydrogen (secondary N) is 1. The molecule has 0 spiro atoms. The molecule has 19 heavy (non-hydrogen) atoms. The van der Waals surface area contributed by atoms with Crippen LogP contribution in [0.2, 0.25) is 0 Å². The van der Waals surface area contributed by atoms with Crippen LogP contribution in [0.4, 0.5) is 0 Å². The van der Waals surface area contributed by atoms with Gasteiger partial charge in [0, 0.05) is 28.1 Å². The summed E-state index contributed by atoms with van der Waals surface area (Å²) in [7, 11) is 2.00. The van der Waals surface area contributed by atoms with E-state index < -0.39 is 0 Å². The molecule has 0 amide bonds. The molecule has 0 saturated carbocycles. The fraction of sp³-hybridized carbons (Fsp3) is 0.467. The van der Waals surface area contributed by atoms with E-state index in [0.717, 1.165) is 31.1 Å². The molecule has 0 bridgehead atoms. The number of hydrogen-bond acceptors (Lipinski definition) is 4. The monoisotopic (exact) mass is 277 g/mol. The van der Waals surface area contributed by atoms with Crippen LogP contribution in [0.15, 0.2) is 12.1 Å². The van der Waals surface area contributed by atoms with Crippen LogP contribution in [0.3, 0.4) is 0 Å². The van der Waals surface area contributed by atoms with E-state index in [1.165, 1.54) is 20.5 Å². The topological polar surface area (TPSA) is 30.5 Å². The van der Waals surface area contributed by atoms with Gasteiger partial charge in [-0.25, -0.2) is 0 Å². The van der Waals surface area contributed by atoms with Crippen LogP contribution in [0.25, 0.3) is 10.1 Å². The molecule has 1 aromatic carbocycles. The molecule has 0 aliphatic carbocycles. The van der Waals surface area contributed by atoms with Crippen molar-refractivity contribution in [2.75, 3.05) is 20.3 Å². The first-order chi connectivity index (χ1) is 9.20. The number of aryl methyl sites for hydroxylation is 1. The second-order valence-corrected chi connectivity index (χ2v) is 6.03. The predicted molar refractivity (Wildman–Crippen MR) is 79.6 cm³/mol. The number of ether oxygens (including phenoxy) is 2. The lowest BCUT2D eigenvalue weighted by atomic mass is 10.1. The fourth-order valence-electron chi connectivity index (χ4n) is 2.44. The Hall–Kier alpha value is -1.26. The van der Waals surface area contributed by atoms with Crippen LogP contribution in [0, 0.1) is 6.92 Å². The Morgan fingerprint density at radius 3 is 2.58 bits per heavy atom. The molecule has 0 fully saturated rings. The summed E-state index contributed by atoms with van der Waals surface area (Å²) in [5.74, 6) is 1.77. The standard InChI is InChI=1S/C15H19NO2S/c1-9-11-7-12-13(18-6-4-5-17-12)8-14(11)19-15(9)10(2)16-3/h7-8,10,16H,4-6H2,1-3H3. The fourth-order valence-corrected chi connectivity index (χ4v) is 3.72. The zero-order valence-corrected chi connectivity index (χ0v) is 12.4. The normalized spacial score (nSPS) is 16.4. The van der Waals surface area contributed by atoms with Gasteiger partial charge in [-0.05, 0) is 37.9 Å². The van der Waals surface area contributed by atoms with Gasteiger partial charge < -0.3 is 14.8 Å². The highest BCUT2D eigenvalue weighted by molar-refractivity contribution is 7.19. The molecule has 1 N–H and O–H groups in total. The highest BCUT2D eigenvalue weighted by Crippen LogP contribution is 2.41. The number of hydrogen-bond donors (Lipinski definition) is 1. The zero-order valence-electron chi connectivity index (χ0n) is 11.6. The van der Waals surface area contributed by atoms with Crippen molar-refractivity contribution in [3.63, 3.8) is 0 Å². The number of fused-ring (bicyclic) bond motifs is 2. The maximum absolute atomic E-state index is 5.77. The second kappa shape index (κ2) is 5.02. The Labute approximate surface area is 117 Å². The SMILES string of the molecule is CNC(C)c1sc2cc3c(cc2c1C)OCCCO3. The van der Waals surface area contributed by atoms with Crippen LogP contribution >= 0.6 is 11.3 Å². The lowest BCUT2D eigenvalue weighted by Gasteiger charge is -2.08. The van der Waals surface area contributed by atoms with E-state index in [1.54, 1.807) is 0 Å². The lowest BCUT2D eigenvalue weighted by molar-refractivity contribution is 0.297. The maximum atomic E-state index is 5.77. The summed E-state index contributed by atoms with van der Waals surface area (Å²) < 4.78 is 12.8. The van der Waals surface area contributed by atoms with Crippen LogP contribution in [-0.4, -0.2) is 20.3 Å². The predicted octanol–water partition coefficient (Wildman–Crippen LogP) is 3.65. The molecule has 1 aromatic heterocycles. The minimum atomic E-state index is 0.374. The molecule has 4 heteroatoms. The van der Waals surface area contributed by atoms with E-state index in [1.807, 2.05) is 18.4 Å². The van der Waals surface area contributed by atoms with Crippen LogP contribution in [0.5, 0.6) is 11.5 Å². The molecule has 102 valence electrons. The summed E-state index contributed by atoms with van der Waals surface area (Å²) in [6.07, 6.45) is 0.948. The first-order valence-electron chi connectivity index (χ1n) is 6.70. The molecule has 3 rings (SSSR count). The number of rotatable bonds is 2. The highest BCUT2D eigenvalue weighted by atomic mass is 32.1. The summed E-state index contributed by atoms with van der Waals surface area (Å²) in [6.45, 7) is 5.85. The first-order valence-corrected chi connectivity index (χ1v) is 7.52. The van der Waals surface area contributed by atoms with Gasteiger partial charge in [0.2, 0.25) is 0 Å². The second-order valence-electron chi connectivity index (χ2n) is 4.95. The molecule has 1 atom stereocenters. The van der Waals surface area contributed by atoms with E-state index >= 15 is 0 Å². The van der Waals surface area contributed by atoms with Gasteiger partial charge in [-0.15, -0.1) is 11.3 Å². The Balaban J connectivity index is 2.14. The third-order valence-corrected chi connectivity index (χ3v) is 5.11. The van der Waals surface area contributed by atoms with Gasteiger partial charge >= 0.3 is 0 Å². The van der Waals surface area contributed by atoms with Crippen molar-refractivity contribution in [1.29, 1.82) is 0 Å². The Morgan fingerprint density at radius 1 is 1.21 bits per heavy atom. The summed E-state index contributed by atoms with van der Waals surface area (Å²) >= 11 is 1.84. The molecule has 1 unspecified atom stereocenters. The van der Waals surface area contributed by atoms with Gasteiger partial charge in [0.15, 0.2) is 11.5 Å². The number of benzene rings is 1. The zero-order chi connectivity index (χ0) is 13.4. The summed E-state index contributed by atoms with van der Waals surface area (Å²) in [5, 5.41) is 4.59. The van der Waals surface area contributed by atoms with E-state index in [2.05, 4.69) is 31.3 Å². The number of thiophene rings is 1. The molecule has 1 aliphatic rings. The summed E-state index contributed by atoms with van der Waals surface area (Å²) in [4.78, 5) is 1.39. The van der Waals surface area contributed by atoms with Crippen molar-refractivity contribution in [2.45, 2.75) is 26.3 Å². The Bertz CT molecular complexity index is 606. The Kier molecular flexibility index (Phi) is 3.37. The largest absolute Gasteiger partial charge is 0.490 e. The van der Waals surface area contributed by atoms with Crippen LogP contribution in [0.1, 0.15) is 29.8 Å².